The summed E-state index contributed by atoms with van der Waals surface area (Å²) in [5, 5.41) is 11.6. The van der Waals surface area contributed by atoms with Crippen LogP contribution in [-0.4, -0.2) is 30.2 Å². The molecule has 138 valence electrons. The van der Waals surface area contributed by atoms with Crippen LogP contribution in [0.25, 0.3) is 0 Å². The zero-order valence-electron chi connectivity index (χ0n) is 15.1. The number of carbonyl (C=O) groups is 2. The van der Waals surface area contributed by atoms with Gasteiger partial charge < -0.3 is 19.9 Å². The van der Waals surface area contributed by atoms with Crippen molar-refractivity contribution >= 4 is 17.6 Å². The van der Waals surface area contributed by atoms with Crippen molar-refractivity contribution < 1.29 is 24.2 Å². The van der Waals surface area contributed by atoms with E-state index in [4.69, 9.17) is 14.6 Å². The molecule has 0 aliphatic carbocycles. The molecule has 0 unspecified atom stereocenters. The molecule has 2 N–H and O–H groups in total. The summed E-state index contributed by atoms with van der Waals surface area (Å²) in [4.78, 5) is 23.4. The van der Waals surface area contributed by atoms with Gasteiger partial charge in [0.1, 0.15) is 11.5 Å². The van der Waals surface area contributed by atoms with Gasteiger partial charge in [0.05, 0.1) is 18.8 Å². The standard InChI is InChI=1S/C20H23NO5/c1-13(2)26-18-12-16(25-3)8-9-17(18)20(24)21-15-6-4-5-14(11-15)7-10-19(22)23/h4-6,8-9,11-13H,7,10H2,1-3H3,(H,21,24)(H,22,23). The summed E-state index contributed by atoms with van der Waals surface area (Å²) in [5.41, 5.74) is 1.85. The van der Waals surface area contributed by atoms with E-state index in [1.165, 1.54) is 0 Å². The minimum Gasteiger partial charge on any atom is -0.497 e. The van der Waals surface area contributed by atoms with Crippen LogP contribution in [-0.2, 0) is 11.2 Å². The molecule has 0 aliphatic heterocycles. The van der Waals surface area contributed by atoms with Crippen LogP contribution < -0.4 is 14.8 Å². The lowest BCUT2D eigenvalue weighted by Crippen LogP contribution is -2.16. The third-order valence-electron chi connectivity index (χ3n) is 3.61. The van der Waals surface area contributed by atoms with Crippen LogP contribution in [0.3, 0.4) is 0 Å². The molecule has 2 rings (SSSR count). The third-order valence-corrected chi connectivity index (χ3v) is 3.61. The topological polar surface area (TPSA) is 84.9 Å². The maximum Gasteiger partial charge on any atom is 0.303 e. The maximum atomic E-state index is 12.7. The molecule has 26 heavy (non-hydrogen) atoms. The molecule has 0 atom stereocenters. The van der Waals surface area contributed by atoms with Crippen molar-refractivity contribution in [3.63, 3.8) is 0 Å². The van der Waals surface area contributed by atoms with Crippen molar-refractivity contribution in [2.75, 3.05) is 12.4 Å². The number of rotatable bonds is 8. The molecule has 2 aromatic rings. The predicted molar refractivity (Wildman–Crippen MR) is 99.1 cm³/mol. The second kappa shape index (κ2) is 8.89. The number of nitrogens with one attached hydrogen (secondary N) is 1. The first-order chi connectivity index (χ1) is 12.4. The van der Waals surface area contributed by atoms with Crippen LogP contribution in [0.15, 0.2) is 42.5 Å². The van der Waals surface area contributed by atoms with E-state index < -0.39 is 5.97 Å². The van der Waals surface area contributed by atoms with E-state index in [1.807, 2.05) is 19.9 Å². The highest BCUT2D eigenvalue weighted by atomic mass is 16.5. The summed E-state index contributed by atoms with van der Waals surface area (Å²) in [6.07, 6.45) is 0.360. The minimum absolute atomic E-state index is 0.0439. The molecule has 0 radical (unpaired) electrons. The van der Waals surface area contributed by atoms with E-state index in [0.29, 0.717) is 29.2 Å². The smallest absolute Gasteiger partial charge is 0.303 e. The van der Waals surface area contributed by atoms with Gasteiger partial charge in [-0.2, -0.15) is 0 Å². The van der Waals surface area contributed by atoms with Crippen LogP contribution in [0.4, 0.5) is 5.69 Å². The fourth-order valence-corrected chi connectivity index (χ4v) is 2.42. The Morgan fingerprint density at radius 1 is 1.15 bits per heavy atom. The molecule has 1 amide bonds. The van der Waals surface area contributed by atoms with Gasteiger partial charge in [0.15, 0.2) is 0 Å². The number of aliphatic carboxylic acids is 1. The summed E-state index contributed by atoms with van der Waals surface area (Å²) in [6, 6.07) is 12.2. The van der Waals surface area contributed by atoms with Gasteiger partial charge >= 0.3 is 5.97 Å². The molecule has 6 nitrogen and oxygen atoms in total. The van der Waals surface area contributed by atoms with Crippen LogP contribution in [0.2, 0.25) is 0 Å². The largest absolute Gasteiger partial charge is 0.497 e. The Labute approximate surface area is 152 Å². The lowest BCUT2D eigenvalue weighted by Gasteiger charge is -2.15. The zero-order valence-corrected chi connectivity index (χ0v) is 15.1. The van der Waals surface area contributed by atoms with Crippen molar-refractivity contribution in [1.82, 2.24) is 0 Å². The average Bonchev–Trinajstić information content (AvgIpc) is 2.59. The van der Waals surface area contributed by atoms with Gasteiger partial charge in [0.25, 0.3) is 5.91 Å². The molecule has 0 heterocycles. The number of hydrogen-bond acceptors (Lipinski definition) is 4. The molecule has 0 spiro atoms. The van der Waals surface area contributed by atoms with E-state index in [0.717, 1.165) is 5.56 Å². The Bertz CT molecular complexity index is 786. The first kappa shape index (κ1) is 19.3. The molecular weight excluding hydrogens is 334 g/mol. The maximum absolute atomic E-state index is 12.7. The monoisotopic (exact) mass is 357 g/mol. The van der Waals surface area contributed by atoms with E-state index in [1.54, 1.807) is 43.5 Å². The average molecular weight is 357 g/mol. The number of carbonyl (C=O) groups excluding carboxylic acids is 1. The lowest BCUT2D eigenvalue weighted by molar-refractivity contribution is -0.136. The molecule has 0 saturated heterocycles. The van der Waals surface area contributed by atoms with Crippen molar-refractivity contribution in [2.45, 2.75) is 32.8 Å². The van der Waals surface area contributed by atoms with Crippen molar-refractivity contribution in [3.05, 3.63) is 53.6 Å². The van der Waals surface area contributed by atoms with Crippen molar-refractivity contribution in [2.24, 2.45) is 0 Å². The fourth-order valence-electron chi connectivity index (χ4n) is 2.42. The minimum atomic E-state index is -0.854. The van der Waals surface area contributed by atoms with Gasteiger partial charge in [-0.05, 0) is 50.1 Å². The molecule has 0 aromatic heterocycles. The van der Waals surface area contributed by atoms with E-state index >= 15 is 0 Å². The highest BCUT2D eigenvalue weighted by Crippen LogP contribution is 2.27. The number of anilines is 1. The Morgan fingerprint density at radius 2 is 1.92 bits per heavy atom. The number of amides is 1. The number of carboxylic acids is 1. The van der Waals surface area contributed by atoms with Crippen LogP contribution in [0, 0.1) is 0 Å². The molecule has 0 aliphatic rings. The normalized spacial score (nSPS) is 10.5. The zero-order chi connectivity index (χ0) is 19.1. The summed E-state index contributed by atoms with van der Waals surface area (Å²) in [7, 11) is 1.55. The quantitative estimate of drug-likeness (QED) is 0.751. The number of benzene rings is 2. The first-order valence-corrected chi connectivity index (χ1v) is 8.36. The van der Waals surface area contributed by atoms with Crippen molar-refractivity contribution in [1.29, 1.82) is 0 Å². The first-order valence-electron chi connectivity index (χ1n) is 8.36. The summed E-state index contributed by atoms with van der Waals surface area (Å²) < 4.78 is 10.9. The Morgan fingerprint density at radius 3 is 2.58 bits per heavy atom. The van der Waals surface area contributed by atoms with Crippen molar-refractivity contribution in [3.8, 4) is 11.5 Å². The van der Waals surface area contributed by atoms with Crippen LogP contribution >= 0.6 is 0 Å². The van der Waals surface area contributed by atoms with Gasteiger partial charge in [-0.15, -0.1) is 0 Å². The van der Waals surface area contributed by atoms with Gasteiger partial charge in [-0.25, -0.2) is 0 Å². The summed E-state index contributed by atoms with van der Waals surface area (Å²) in [6.45, 7) is 3.76. The van der Waals surface area contributed by atoms with E-state index in [9.17, 15) is 9.59 Å². The lowest BCUT2D eigenvalue weighted by atomic mass is 10.1. The molecule has 2 aromatic carbocycles. The van der Waals surface area contributed by atoms with Crippen LogP contribution in [0.1, 0.15) is 36.2 Å². The van der Waals surface area contributed by atoms with Gasteiger partial charge in [-0.1, -0.05) is 12.1 Å². The molecule has 0 saturated carbocycles. The highest BCUT2D eigenvalue weighted by molar-refractivity contribution is 6.06. The Balaban J connectivity index is 2.19. The number of methoxy groups -OCH3 is 1. The van der Waals surface area contributed by atoms with Gasteiger partial charge in [0, 0.05) is 18.2 Å². The second-order valence-electron chi connectivity index (χ2n) is 6.08. The molecule has 6 heteroatoms. The third kappa shape index (κ3) is 5.51. The Hall–Kier alpha value is -3.02. The number of carboxylic acid groups (broad SMARTS) is 1. The van der Waals surface area contributed by atoms with Gasteiger partial charge in [0.2, 0.25) is 0 Å². The SMILES string of the molecule is COc1ccc(C(=O)Nc2cccc(CCC(=O)O)c2)c(OC(C)C)c1. The van der Waals surface area contributed by atoms with Gasteiger partial charge in [-0.3, -0.25) is 9.59 Å². The molecule has 0 bridgehead atoms. The second-order valence-corrected chi connectivity index (χ2v) is 6.08. The number of aryl methyl sites for hydroxylation is 1. The molecule has 0 fully saturated rings. The summed E-state index contributed by atoms with van der Waals surface area (Å²) >= 11 is 0. The predicted octanol–water partition coefficient (Wildman–Crippen LogP) is 3.75. The van der Waals surface area contributed by atoms with Crippen LogP contribution in [0.5, 0.6) is 11.5 Å². The van der Waals surface area contributed by atoms with E-state index in [-0.39, 0.29) is 18.4 Å². The summed E-state index contributed by atoms with van der Waals surface area (Å²) in [5.74, 6) is -0.112. The Kier molecular flexibility index (Phi) is 6.60. The number of hydrogen-bond donors (Lipinski definition) is 2. The highest BCUT2D eigenvalue weighted by Gasteiger charge is 2.15. The molecular formula is C20H23NO5. The van der Waals surface area contributed by atoms with E-state index in [2.05, 4.69) is 5.32 Å². The fraction of sp³-hybridized carbons (Fsp3) is 0.300. The number of ether oxygens (including phenoxy) is 2.